The van der Waals surface area contributed by atoms with Gasteiger partial charge in [0.05, 0.1) is 11.7 Å². The van der Waals surface area contributed by atoms with Crippen molar-refractivity contribution < 1.29 is 9.53 Å². The highest BCUT2D eigenvalue weighted by Gasteiger charge is 2.66. The molecule has 4 aliphatic carbocycles. The maximum Gasteiger partial charge on any atom is 0.171 e. The summed E-state index contributed by atoms with van der Waals surface area (Å²) in [5.41, 5.74) is 0.350. The topological polar surface area (TPSA) is 73.2 Å². The first-order valence-corrected chi connectivity index (χ1v) is 12.2. The first-order chi connectivity index (χ1) is 14.3. The van der Waals surface area contributed by atoms with Gasteiger partial charge in [0, 0.05) is 5.92 Å². The van der Waals surface area contributed by atoms with E-state index in [0.717, 1.165) is 30.1 Å². The Bertz CT molecular complexity index is 869. The lowest BCUT2D eigenvalue weighted by atomic mass is 9.48. The molecule has 1 saturated heterocycles. The quantitative estimate of drug-likeness (QED) is 0.706. The van der Waals surface area contributed by atoms with Crippen LogP contribution in [0.15, 0.2) is 0 Å². The number of hydrogen-bond acceptors (Lipinski definition) is 5. The maximum atomic E-state index is 13.4. The van der Waals surface area contributed by atoms with Gasteiger partial charge in [-0.3, -0.25) is 4.79 Å². The minimum Gasteiger partial charge on any atom is -0.366 e. The molecule has 30 heavy (non-hydrogen) atoms. The number of ketones is 1. The second-order valence-electron chi connectivity index (χ2n) is 11.8. The van der Waals surface area contributed by atoms with Crippen molar-refractivity contribution in [2.75, 3.05) is 0 Å². The minimum absolute atomic E-state index is 0.138. The second-order valence-corrected chi connectivity index (χ2v) is 11.8. The predicted octanol–water partition coefficient (Wildman–Crippen LogP) is 3.83. The molecule has 4 saturated carbocycles. The van der Waals surface area contributed by atoms with E-state index in [1.54, 1.807) is 0 Å². The largest absolute Gasteiger partial charge is 0.366 e. The fourth-order valence-electron chi connectivity index (χ4n) is 9.12. The second kappa shape index (κ2) is 6.36. The van der Waals surface area contributed by atoms with Gasteiger partial charge in [0.2, 0.25) is 0 Å². The molecule has 5 fully saturated rings. The van der Waals surface area contributed by atoms with Crippen molar-refractivity contribution in [2.45, 2.75) is 90.9 Å². The average molecular weight is 413 g/mol. The van der Waals surface area contributed by atoms with E-state index in [0.29, 0.717) is 29.5 Å². The van der Waals surface area contributed by atoms with Crippen LogP contribution in [0.5, 0.6) is 0 Å². The summed E-state index contributed by atoms with van der Waals surface area (Å²) in [5.74, 6) is 5.71. The van der Waals surface area contributed by atoms with Crippen molar-refractivity contribution in [1.82, 2.24) is 20.2 Å². The van der Waals surface area contributed by atoms with Gasteiger partial charge in [0.25, 0.3) is 0 Å². The Kier molecular flexibility index (Phi) is 4.11. The van der Waals surface area contributed by atoms with Crippen LogP contribution in [0.2, 0.25) is 0 Å². The van der Waals surface area contributed by atoms with Crippen molar-refractivity contribution in [3.63, 3.8) is 0 Å². The number of epoxide rings is 1. The molecule has 0 spiro atoms. The molecular weight excluding hydrogens is 376 g/mol. The van der Waals surface area contributed by atoms with E-state index in [1.807, 2.05) is 6.92 Å². The van der Waals surface area contributed by atoms with Gasteiger partial charge in [0.15, 0.2) is 11.6 Å². The van der Waals surface area contributed by atoms with Crippen LogP contribution in [0.4, 0.5) is 0 Å². The third-order valence-electron chi connectivity index (χ3n) is 10.3. The summed E-state index contributed by atoms with van der Waals surface area (Å²) in [6, 6.07) is 0. The lowest BCUT2D eigenvalue weighted by Crippen LogP contribution is -2.51. The Morgan fingerprint density at radius 1 is 1.10 bits per heavy atom. The van der Waals surface area contributed by atoms with E-state index < -0.39 is 0 Å². The average Bonchev–Trinajstić information content (AvgIpc) is 3.12. The molecule has 0 bridgehead atoms. The van der Waals surface area contributed by atoms with E-state index in [-0.39, 0.29) is 23.5 Å². The molecule has 6 heteroatoms. The Labute approximate surface area is 179 Å². The molecule has 6 nitrogen and oxygen atoms in total. The summed E-state index contributed by atoms with van der Waals surface area (Å²) in [5, 5.41) is 12.2. The lowest BCUT2D eigenvalue weighted by Gasteiger charge is -2.56. The zero-order valence-electron chi connectivity index (χ0n) is 18.9. The normalized spacial score (nSPS) is 51.5. The molecule has 0 amide bonds. The number of Topliss-reactive ketones (excluding diaryl/α,β-unsaturated/α-hetero) is 1. The Hall–Kier alpha value is -1.30. The molecule has 1 aliphatic heterocycles. The van der Waals surface area contributed by atoms with Crippen LogP contribution in [-0.4, -0.2) is 37.7 Å². The Morgan fingerprint density at radius 2 is 1.83 bits per heavy atom. The Morgan fingerprint density at radius 3 is 2.60 bits per heavy atom. The number of hydrogen-bond donors (Lipinski definition) is 0. The summed E-state index contributed by atoms with van der Waals surface area (Å²) in [7, 11) is 0. The smallest absolute Gasteiger partial charge is 0.171 e. The number of rotatable bonds is 3. The molecule has 1 aromatic heterocycles. The van der Waals surface area contributed by atoms with Crippen LogP contribution in [0.3, 0.4) is 0 Å². The van der Waals surface area contributed by atoms with Gasteiger partial charge in [-0.25, -0.2) is 0 Å². The molecular formula is C24H36N4O2. The van der Waals surface area contributed by atoms with Gasteiger partial charge in [-0.2, -0.15) is 4.80 Å². The Balaban J connectivity index is 1.23. The zero-order valence-corrected chi connectivity index (χ0v) is 18.9. The van der Waals surface area contributed by atoms with Crippen molar-refractivity contribution in [2.24, 2.45) is 46.8 Å². The van der Waals surface area contributed by atoms with Crippen LogP contribution in [0.1, 0.15) is 71.5 Å². The van der Waals surface area contributed by atoms with Crippen molar-refractivity contribution in [1.29, 1.82) is 0 Å². The fraction of sp³-hybridized carbons (Fsp3) is 0.917. The van der Waals surface area contributed by atoms with Gasteiger partial charge < -0.3 is 4.74 Å². The van der Waals surface area contributed by atoms with Crippen LogP contribution >= 0.6 is 0 Å². The zero-order chi connectivity index (χ0) is 20.8. The number of nitrogens with zero attached hydrogens (tertiary/aromatic N) is 4. The van der Waals surface area contributed by atoms with Gasteiger partial charge in [-0.05, 0) is 105 Å². The first kappa shape index (κ1) is 19.4. The van der Waals surface area contributed by atoms with Crippen LogP contribution in [0, 0.1) is 53.8 Å². The van der Waals surface area contributed by atoms with Crippen LogP contribution in [-0.2, 0) is 16.1 Å². The number of tetrazole rings is 1. The SMILES string of the molecule is Cc1nnn(CC(=O)[C@H]2C[C@@H](C)[C@H]3[C@@H]4CC[C@@H]5C6O[C@]6(C)CC[C@@H]5[C@H]4CC[C@@]32C)n1. The number of aryl methyl sites for hydroxylation is 1. The van der Waals surface area contributed by atoms with E-state index in [1.165, 1.54) is 43.3 Å². The molecule has 0 radical (unpaired) electrons. The molecule has 164 valence electrons. The predicted molar refractivity (Wildman–Crippen MR) is 111 cm³/mol. The number of carbonyl (C=O) groups is 1. The molecule has 6 rings (SSSR count). The summed E-state index contributed by atoms with van der Waals surface area (Å²) < 4.78 is 6.18. The highest BCUT2D eigenvalue weighted by Crippen LogP contribution is 2.68. The molecule has 10 atom stereocenters. The molecule has 1 unspecified atom stereocenters. The van der Waals surface area contributed by atoms with E-state index in [4.69, 9.17) is 4.74 Å². The molecule has 0 aromatic carbocycles. The van der Waals surface area contributed by atoms with E-state index in [2.05, 4.69) is 36.2 Å². The monoisotopic (exact) mass is 412 g/mol. The van der Waals surface area contributed by atoms with Crippen molar-refractivity contribution in [3.05, 3.63) is 5.82 Å². The fourth-order valence-corrected chi connectivity index (χ4v) is 9.12. The summed E-state index contributed by atoms with van der Waals surface area (Å²) in [6.45, 7) is 9.29. The highest BCUT2D eigenvalue weighted by atomic mass is 16.6. The van der Waals surface area contributed by atoms with Gasteiger partial charge in [-0.15, -0.1) is 10.2 Å². The minimum atomic E-state index is 0.138. The van der Waals surface area contributed by atoms with Crippen molar-refractivity contribution in [3.8, 4) is 0 Å². The van der Waals surface area contributed by atoms with Crippen LogP contribution < -0.4 is 0 Å². The maximum absolute atomic E-state index is 13.4. The molecule has 2 heterocycles. The third-order valence-corrected chi connectivity index (χ3v) is 10.3. The van der Waals surface area contributed by atoms with Crippen LogP contribution in [0.25, 0.3) is 0 Å². The number of ether oxygens (including phenoxy) is 1. The molecule has 5 aliphatic rings. The number of aromatic nitrogens is 4. The number of carbonyl (C=O) groups excluding carboxylic acids is 1. The summed E-state index contributed by atoms with van der Waals surface area (Å²) in [6.07, 6.45) is 9.38. The van der Waals surface area contributed by atoms with Gasteiger partial charge >= 0.3 is 0 Å². The standard InChI is InChI=1S/C24H36N4O2/c1-13-11-19(20(29)12-28-26-14(2)25-27-28)23(3)9-7-15-16-8-10-24(4)22(30-24)18(16)6-5-17(15)21(13)23/h13,15-19,21-22H,5-12H2,1-4H3/t13-,15-,16-,17-,18+,19-,21+,22?,23-,24-/m1/s1. The first-order valence-electron chi connectivity index (χ1n) is 12.2. The summed E-state index contributed by atoms with van der Waals surface area (Å²) in [4.78, 5) is 14.8. The van der Waals surface area contributed by atoms with E-state index in [9.17, 15) is 4.79 Å². The number of fused-ring (bicyclic) bond motifs is 7. The van der Waals surface area contributed by atoms with E-state index >= 15 is 0 Å². The van der Waals surface area contributed by atoms with Gasteiger partial charge in [-0.1, -0.05) is 13.8 Å². The van der Waals surface area contributed by atoms with Gasteiger partial charge in [0.1, 0.15) is 6.54 Å². The molecule has 1 aromatic rings. The summed E-state index contributed by atoms with van der Waals surface area (Å²) >= 11 is 0. The highest BCUT2D eigenvalue weighted by molar-refractivity contribution is 5.82. The molecule has 0 N–H and O–H groups in total. The lowest BCUT2D eigenvalue weighted by molar-refractivity contribution is -0.131. The third kappa shape index (κ3) is 2.64. The van der Waals surface area contributed by atoms with Crippen molar-refractivity contribution >= 4 is 5.78 Å².